The van der Waals surface area contributed by atoms with E-state index in [2.05, 4.69) is 59.5 Å². The zero-order valence-corrected chi connectivity index (χ0v) is 23.3. The summed E-state index contributed by atoms with van der Waals surface area (Å²) in [6, 6.07) is 0. The monoisotopic (exact) mass is 502 g/mol. The van der Waals surface area contributed by atoms with E-state index in [-0.39, 0.29) is 0 Å². The molecule has 0 radical (unpaired) electrons. The summed E-state index contributed by atoms with van der Waals surface area (Å²) in [5.41, 5.74) is 6.70. The van der Waals surface area contributed by atoms with Gasteiger partial charge >= 0.3 is 188 Å². The Labute approximate surface area is 187 Å². The van der Waals surface area contributed by atoms with E-state index in [4.69, 9.17) is 0 Å². The van der Waals surface area contributed by atoms with Crippen LogP contribution in [0.3, 0.4) is 0 Å². The summed E-state index contributed by atoms with van der Waals surface area (Å²) in [6.07, 6.45) is 24.6. The van der Waals surface area contributed by atoms with Crippen LogP contribution in [-0.4, -0.2) is 25.1 Å². The predicted octanol–water partition coefficient (Wildman–Crippen LogP) is 9.34. The van der Waals surface area contributed by atoms with Gasteiger partial charge in [0, 0.05) is 0 Å². The second-order valence-corrected chi connectivity index (χ2v) is 25.3. The molecule has 0 aliphatic heterocycles. The molecule has 2 rings (SSSR count). The van der Waals surface area contributed by atoms with Crippen LogP contribution in [0.5, 0.6) is 0 Å². The van der Waals surface area contributed by atoms with Crippen LogP contribution in [-0.2, 0) is 0 Å². The van der Waals surface area contributed by atoms with Crippen LogP contribution in [0, 0.1) is 0 Å². The Kier molecular flexibility index (Phi) is 11.0. The zero-order chi connectivity index (χ0) is 21.3. The molecule has 2 saturated carbocycles. The first-order valence-corrected chi connectivity index (χ1v) is 22.6. The summed E-state index contributed by atoms with van der Waals surface area (Å²) in [5.74, 6) is 1.83. The van der Waals surface area contributed by atoms with Crippen LogP contribution >= 0.6 is 0 Å². The van der Waals surface area contributed by atoms with Crippen molar-refractivity contribution in [3.05, 3.63) is 38.6 Å². The van der Waals surface area contributed by atoms with Crippen molar-refractivity contribution in [1.29, 1.82) is 0 Å². The molecule has 0 unspecified atom stereocenters. The summed E-state index contributed by atoms with van der Waals surface area (Å²) >= 11 is -2.30. The standard InChI is InChI=1S/C24H38B.3CH3.Sn/c1-4-5-8-15-24(20-13-14-21(2)3)25(22-16-9-6-10-17-22)23-18-11-7-12-19-23;;;;/h8,13,15,22-23H,4-7,9-12,16-19H2,1-3H3;3*1H3;/b15-8+,24-20?;;;;. The quantitative estimate of drug-likeness (QED) is 0.177. The van der Waals surface area contributed by atoms with Gasteiger partial charge in [-0.15, -0.1) is 0 Å². The van der Waals surface area contributed by atoms with E-state index in [1.54, 1.807) is 9.06 Å². The molecule has 0 aromatic rings. The van der Waals surface area contributed by atoms with Crippen molar-refractivity contribution in [2.24, 2.45) is 0 Å². The molecule has 0 saturated heterocycles. The minimum absolute atomic E-state index is 0.796. The second kappa shape index (κ2) is 12.7. The Hall–Kier alpha value is -0.136. The number of allylic oxidation sites excluding steroid dienone is 5. The molecule has 2 aliphatic rings. The van der Waals surface area contributed by atoms with Crippen molar-refractivity contribution in [1.82, 2.24) is 0 Å². The van der Waals surface area contributed by atoms with Gasteiger partial charge in [0.25, 0.3) is 0 Å². The Morgan fingerprint density at radius 3 is 1.83 bits per heavy atom. The molecular weight excluding hydrogens is 454 g/mol. The van der Waals surface area contributed by atoms with Gasteiger partial charge in [-0.3, -0.25) is 0 Å². The number of hydrogen-bond donors (Lipinski definition) is 0. The summed E-state index contributed by atoms with van der Waals surface area (Å²) in [4.78, 5) is 7.83. The normalized spacial score (nSPS) is 20.3. The van der Waals surface area contributed by atoms with E-state index in [0.717, 1.165) is 18.3 Å². The molecule has 0 N–H and O–H groups in total. The molecule has 162 valence electrons. The van der Waals surface area contributed by atoms with Crippen LogP contribution < -0.4 is 0 Å². The second-order valence-electron chi connectivity index (χ2n) is 10.9. The molecule has 0 bridgehead atoms. The van der Waals surface area contributed by atoms with Gasteiger partial charge in [0.15, 0.2) is 0 Å². The third kappa shape index (κ3) is 8.14. The van der Waals surface area contributed by atoms with E-state index in [1.165, 1.54) is 82.6 Å². The molecule has 0 aromatic carbocycles. The molecule has 0 heterocycles. The van der Waals surface area contributed by atoms with Gasteiger partial charge in [0.05, 0.1) is 0 Å². The van der Waals surface area contributed by atoms with E-state index in [1.807, 2.05) is 0 Å². The summed E-state index contributed by atoms with van der Waals surface area (Å²) < 4.78 is 1.74. The van der Waals surface area contributed by atoms with Crippen LogP contribution in [0.1, 0.15) is 97.8 Å². The zero-order valence-electron chi connectivity index (χ0n) is 20.4. The van der Waals surface area contributed by atoms with Gasteiger partial charge in [-0.25, -0.2) is 0 Å². The molecule has 2 heteroatoms. The van der Waals surface area contributed by atoms with Crippen molar-refractivity contribution >= 4 is 25.1 Å². The van der Waals surface area contributed by atoms with Crippen LogP contribution in [0.2, 0.25) is 26.5 Å². The van der Waals surface area contributed by atoms with Crippen molar-refractivity contribution in [2.75, 3.05) is 0 Å². The Bertz CT molecular complexity index is 593. The topological polar surface area (TPSA) is 0 Å². The van der Waals surface area contributed by atoms with E-state index >= 15 is 0 Å². The fourth-order valence-electron chi connectivity index (χ4n) is 5.59. The molecule has 0 aromatic heterocycles. The summed E-state index contributed by atoms with van der Waals surface area (Å²) in [5, 5.41) is 0. The molecule has 0 spiro atoms. The maximum atomic E-state index is 3.64. The Morgan fingerprint density at radius 1 is 0.897 bits per heavy atom. The van der Waals surface area contributed by atoms with Gasteiger partial charge in [-0.05, 0) is 0 Å². The number of unbranched alkanes of at least 4 members (excludes halogenated alkanes) is 1. The van der Waals surface area contributed by atoms with Crippen LogP contribution in [0.15, 0.2) is 38.6 Å². The average molecular weight is 501 g/mol. The Morgan fingerprint density at radius 2 is 1.41 bits per heavy atom. The molecule has 2 aliphatic carbocycles. The summed E-state index contributed by atoms with van der Waals surface area (Å²) in [7, 11) is 0. The van der Waals surface area contributed by atoms with Crippen LogP contribution in [0.4, 0.5) is 0 Å². The fourth-order valence-corrected chi connectivity index (χ4v) is 10.2. The SMILES string of the molecule is CCC/C=C/C(B(C1CCCCC1)C1CCCCC1)=[C](\C=C=C(C)C)[Sn]([CH3])([CH3])[CH3]. The molecule has 0 amide bonds. The van der Waals surface area contributed by atoms with Crippen molar-refractivity contribution in [2.45, 2.75) is 124 Å². The average Bonchev–Trinajstić information content (AvgIpc) is 2.68. The van der Waals surface area contributed by atoms with Gasteiger partial charge in [-0.2, -0.15) is 0 Å². The van der Waals surface area contributed by atoms with Gasteiger partial charge in [0.2, 0.25) is 0 Å². The van der Waals surface area contributed by atoms with E-state index < -0.39 is 18.4 Å². The van der Waals surface area contributed by atoms with Crippen molar-refractivity contribution in [3.8, 4) is 0 Å². The Balaban J connectivity index is 2.62. The third-order valence-corrected chi connectivity index (χ3v) is 12.9. The molecule has 29 heavy (non-hydrogen) atoms. The first kappa shape index (κ1) is 25.1. The predicted molar refractivity (Wildman–Crippen MR) is 137 cm³/mol. The minimum atomic E-state index is -2.30. The molecule has 0 atom stereocenters. The van der Waals surface area contributed by atoms with E-state index in [0.29, 0.717) is 0 Å². The number of rotatable bonds is 8. The maximum absolute atomic E-state index is 3.64. The molecule has 0 nitrogen and oxygen atoms in total. The van der Waals surface area contributed by atoms with Gasteiger partial charge < -0.3 is 0 Å². The first-order valence-electron chi connectivity index (χ1n) is 12.7. The summed E-state index contributed by atoms with van der Waals surface area (Å²) in [6.45, 7) is 7.49. The molecular formula is C27H47BSn. The van der Waals surface area contributed by atoms with Crippen molar-refractivity contribution < 1.29 is 0 Å². The van der Waals surface area contributed by atoms with Crippen molar-refractivity contribution in [3.63, 3.8) is 0 Å². The van der Waals surface area contributed by atoms with Crippen LogP contribution in [0.25, 0.3) is 0 Å². The first-order chi connectivity index (χ1) is 13.8. The van der Waals surface area contributed by atoms with E-state index in [9.17, 15) is 0 Å². The molecule has 2 fully saturated rings. The third-order valence-electron chi connectivity index (χ3n) is 7.05. The van der Waals surface area contributed by atoms with Gasteiger partial charge in [0.1, 0.15) is 0 Å². The number of hydrogen-bond acceptors (Lipinski definition) is 0. The fraction of sp³-hybridized carbons (Fsp3) is 0.741. The van der Waals surface area contributed by atoms with Gasteiger partial charge in [-0.1, -0.05) is 0 Å².